The molecule has 2 heterocycles. The molecule has 1 fully saturated rings. The lowest BCUT2D eigenvalue weighted by molar-refractivity contribution is -0.385. The number of phenolic OH excluding ortho intramolecular Hbond substituents is 1. The van der Waals surface area contributed by atoms with Crippen molar-refractivity contribution in [2.75, 3.05) is 19.6 Å². The van der Waals surface area contributed by atoms with E-state index in [-0.39, 0.29) is 11.6 Å². The minimum atomic E-state index is -0.694. The molecular weight excluding hydrogens is 338 g/mol. The van der Waals surface area contributed by atoms with Gasteiger partial charge in [-0.15, -0.1) is 0 Å². The van der Waals surface area contributed by atoms with E-state index in [4.69, 9.17) is 4.42 Å². The quantitative estimate of drug-likeness (QED) is 0.606. The molecule has 0 bridgehead atoms. The highest BCUT2D eigenvalue weighted by atomic mass is 16.6. The van der Waals surface area contributed by atoms with Crippen LogP contribution in [-0.2, 0) is 0 Å². The number of carbonyl (C=O) groups is 1. The van der Waals surface area contributed by atoms with Crippen molar-refractivity contribution in [1.82, 2.24) is 10.2 Å². The van der Waals surface area contributed by atoms with Crippen LogP contribution in [0.15, 0.2) is 41.0 Å². The van der Waals surface area contributed by atoms with E-state index in [1.807, 2.05) is 12.1 Å². The average molecular weight is 359 g/mol. The van der Waals surface area contributed by atoms with Crippen molar-refractivity contribution >= 4 is 11.6 Å². The standard InChI is InChI=1S/C18H21N3O5/c22-16-11-13(6-7-14(16)21(24)25)18(23)19-12-15(17-5-4-10-26-17)20-8-2-1-3-9-20/h4-7,10-11,15,22H,1-3,8-9,12H2,(H,19,23). The Morgan fingerprint density at radius 1 is 1.31 bits per heavy atom. The third kappa shape index (κ3) is 4.02. The van der Waals surface area contributed by atoms with Crippen LogP contribution >= 0.6 is 0 Å². The summed E-state index contributed by atoms with van der Waals surface area (Å²) in [6, 6.07) is 7.21. The highest BCUT2D eigenvalue weighted by molar-refractivity contribution is 5.95. The van der Waals surface area contributed by atoms with Gasteiger partial charge in [0.05, 0.1) is 17.2 Å². The maximum atomic E-state index is 12.4. The summed E-state index contributed by atoms with van der Waals surface area (Å²) in [5, 5.41) is 23.3. The van der Waals surface area contributed by atoms with E-state index in [0.717, 1.165) is 43.8 Å². The van der Waals surface area contributed by atoms with Gasteiger partial charge in [-0.2, -0.15) is 0 Å². The average Bonchev–Trinajstić information content (AvgIpc) is 3.16. The summed E-state index contributed by atoms with van der Waals surface area (Å²) in [7, 11) is 0. The van der Waals surface area contributed by atoms with Crippen LogP contribution in [0.1, 0.15) is 41.4 Å². The first-order valence-electron chi connectivity index (χ1n) is 8.59. The van der Waals surface area contributed by atoms with Crippen LogP contribution in [0.3, 0.4) is 0 Å². The zero-order chi connectivity index (χ0) is 18.5. The Hall–Kier alpha value is -2.87. The minimum absolute atomic E-state index is 0.0686. The van der Waals surface area contributed by atoms with Gasteiger partial charge >= 0.3 is 5.69 Å². The van der Waals surface area contributed by atoms with Crippen LogP contribution in [0.5, 0.6) is 5.75 Å². The van der Waals surface area contributed by atoms with Crippen molar-refractivity contribution in [2.45, 2.75) is 25.3 Å². The summed E-state index contributed by atoms with van der Waals surface area (Å²) in [4.78, 5) is 24.7. The summed E-state index contributed by atoms with van der Waals surface area (Å²) in [6.07, 6.45) is 5.04. The lowest BCUT2D eigenvalue weighted by atomic mass is 10.1. The number of nitro benzene ring substituents is 1. The molecule has 1 aliphatic rings. The van der Waals surface area contributed by atoms with E-state index in [2.05, 4.69) is 10.2 Å². The molecule has 1 saturated heterocycles. The fourth-order valence-electron chi connectivity index (χ4n) is 3.23. The molecule has 0 aliphatic carbocycles. The Labute approximate surface area is 150 Å². The summed E-state index contributed by atoms with van der Waals surface area (Å²) in [6.45, 7) is 2.24. The largest absolute Gasteiger partial charge is 0.502 e. The fraction of sp³-hybridized carbons (Fsp3) is 0.389. The molecule has 1 aliphatic heterocycles. The van der Waals surface area contributed by atoms with E-state index >= 15 is 0 Å². The molecule has 2 N–H and O–H groups in total. The van der Waals surface area contributed by atoms with Crippen molar-refractivity contribution in [3.05, 3.63) is 58.0 Å². The van der Waals surface area contributed by atoms with Crippen LogP contribution in [0, 0.1) is 10.1 Å². The second-order valence-corrected chi connectivity index (χ2v) is 6.30. The number of nitro groups is 1. The number of carbonyl (C=O) groups excluding carboxylic acids is 1. The first kappa shape index (κ1) is 17.9. The molecule has 26 heavy (non-hydrogen) atoms. The van der Waals surface area contributed by atoms with Gasteiger partial charge in [-0.05, 0) is 50.2 Å². The molecule has 1 atom stereocenters. The molecule has 138 valence electrons. The summed E-state index contributed by atoms with van der Waals surface area (Å²) in [5.74, 6) is -0.135. The SMILES string of the molecule is O=C(NCC(c1ccco1)N1CCCCC1)c1ccc([N+](=O)[O-])c(O)c1. The van der Waals surface area contributed by atoms with E-state index in [0.29, 0.717) is 6.54 Å². The topological polar surface area (TPSA) is 109 Å². The van der Waals surface area contributed by atoms with E-state index in [9.17, 15) is 20.0 Å². The zero-order valence-electron chi connectivity index (χ0n) is 14.3. The van der Waals surface area contributed by atoms with Gasteiger partial charge in [0.15, 0.2) is 5.75 Å². The number of hydrogen-bond acceptors (Lipinski definition) is 6. The van der Waals surface area contributed by atoms with Gasteiger partial charge in [0.2, 0.25) is 0 Å². The Bertz CT molecular complexity index is 769. The maximum absolute atomic E-state index is 12.4. The summed E-state index contributed by atoms with van der Waals surface area (Å²) in [5.41, 5.74) is -0.256. The molecule has 2 aromatic rings. The monoisotopic (exact) mass is 359 g/mol. The van der Waals surface area contributed by atoms with Gasteiger partial charge in [0.25, 0.3) is 5.91 Å². The number of benzene rings is 1. The Kier molecular flexibility index (Phi) is 5.52. The Balaban J connectivity index is 1.69. The molecule has 8 nitrogen and oxygen atoms in total. The first-order chi connectivity index (χ1) is 12.6. The molecule has 0 saturated carbocycles. The molecule has 0 spiro atoms. The molecule has 1 aromatic carbocycles. The van der Waals surface area contributed by atoms with Crippen LogP contribution in [-0.4, -0.2) is 40.5 Å². The van der Waals surface area contributed by atoms with Crippen molar-refractivity contribution in [1.29, 1.82) is 0 Å². The number of piperidine rings is 1. The molecule has 1 unspecified atom stereocenters. The number of rotatable bonds is 6. The lowest BCUT2D eigenvalue weighted by Gasteiger charge is -2.33. The van der Waals surface area contributed by atoms with Gasteiger partial charge in [0.1, 0.15) is 5.76 Å². The highest BCUT2D eigenvalue weighted by Gasteiger charge is 2.25. The zero-order valence-corrected chi connectivity index (χ0v) is 14.3. The molecule has 3 rings (SSSR count). The van der Waals surface area contributed by atoms with E-state index in [1.165, 1.54) is 12.5 Å². The number of nitrogens with zero attached hydrogens (tertiary/aromatic N) is 2. The van der Waals surface area contributed by atoms with E-state index in [1.54, 1.807) is 6.26 Å². The molecule has 8 heteroatoms. The smallest absolute Gasteiger partial charge is 0.310 e. The normalized spacial score (nSPS) is 16.2. The number of nitrogens with one attached hydrogen (secondary N) is 1. The van der Waals surface area contributed by atoms with Crippen molar-refractivity contribution in [3.8, 4) is 5.75 Å². The third-order valence-electron chi connectivity index (χ3n) is 4.59. The lowest BCUT2D eigenvalue weighted by Crippen LogP contribution is -2.40. The molecule has 1 aromatic heterocycles. The number of amides is 1. The summed E-state index contributed by atoms with van der Waals surface area (Å²) < 4.78 is 5.54. The van der Waals surface area contributed by atoms with Crippen molar-refractivity contribution < 1.29 is 19.2 Å². The number of aromatic hydroxyl groups is 1. The van der Waals surface area contributed by atoms with Gasteiger partial charge in [-0.25, -0.2) is 0 Å². The maximum Gasteiger partial charge on any atom is 0.310 e. The number of phenols is 1. The molecule has 0 radical (unpaired) electrons. The van der Waals surface area contributed by atoms with Crippen LogP contribution < -0.4 is 5.32 Å². The van der Waals surface area contributed by atoms with Gasteiger partial charge < -0.3 is 14.8 Å². The van der Waals surface area contributed by atoms with Crippen LogP contribution in [0.25, 0.3) is 0 Å². The second-order valence-electron chi connectivity index (χ2n) is 6.30. The number of furan rings is 1. The Morgan fingerprint density at radius 3 is 2.69 bits per heavy atom. The highest BCUT2D eigenvalue weighted by Crippen LogP contribution is 2.27. The van der Waals surface area contributed by atoms with Crippen LogP contribution in [0.4, 0.5) is 5.69 Å². The summed E-state index contributed by atoms with van der Waals surface area (Å²) >= 11 is 0. The van der Waals surface area contributed by atoms with Crippen molar-refractivity contribution in [3.63, 3.8) is 0 Å². The Morgan fingerprint density at radius 2 is 2.08 bits per heavy atom. The third-order valence-corrected chi connectivity index (χ3v) is 4.59. The minimum Gasteiger partial charge on any atom is -0.502 e. The predicted octanol–water partition coefficient (Wildman–Crippen LogP) is 2.85. The first-order valence-corrected chi connectivity index (χ1v) is 8.59. The van der Waals surface area contributed by atoms with Gasteiger partial charge in [-0.1, -0.05) is 6.42 Å². The number of hydrogen-bond donors (Lipinski definition) is 2. The molecule has 1 amide bonds. The fourth-order valence-corrected chi connectivity index (χ4v) is 3.23. The van der Waals surface area contributed by atoms with Gasteiger partial charge in [-0.3, -0.25) is 19.8 Å². The van der Waals surface area contributed by atoms with Gasteiger partial charge in [0, 0.05) is 18.2 Å². The second kappa shape index (κ2) is 8.01. The van der Waals surface area contributed by atoms with Crippen molar-refractivity contribution in [2.24, 2.45) is 0 Å². The van der Waals surface area contributed by atoms with E-state index < -0.39 is 22.3 Å². The predicted molar refractivity (Wildman–Crippen MR) is 94.0 cm³/mol. The number of likely N-dealkylation sites (tertiary alicyclic amines) is 1. The van der Waals surface area contributed by atoms with Crippen LogP contribution in [0.2, 0.25) is 0 Å². The molecular formula is C18H21N3O5.